The molecular formula is C24H31N3O5S. The second-order valence-corrected chi connectivity index (χ2v) is 9.70. The molecule has 0 aliphatic carbocycles. The van der Waals surface area contributed by atoms with E-state index in [1.807, 2.05) is 38.9 Å². The fraction of sp³-hybridized carbons (Fsp3) is 0.375. The Labute approximate surface area is 195 Å². The molecule has 0 radical (unpaired) electrons. The maximum atomic E-state index is 13.2. The number of carbonyl (C=O) groups excluding carboxylic acids is 1. The lowest BCUT2D eigenvalue weighted by Crippen LogP contribution is -2.30. The van der Waals surface area contributed by atoms with Crippen LogP contribution >= 0.6 is 0 Å². The zero-order valence-electron chi connectivity index (χ0n) is 19.9. The fourth-order valence-corrected chi connectivity index (χ4v) is 5.22. The minimum Gasteiger partial charge on any atom is -0.494 e. The van der Waals surface area contributed by atoms with E-state index in [4.69, 9.17) is 9.15 Å². The summed E-state index contributed by atoms with van der Waals surface area (Å²) in [5.74, 6) is 0.410. The molecule has 0 spiro atoms. The number of amides is 1. The molecule has 0 aliphatic heterocycles. The van der Waals surface area contributed by atoms with Crippen LogP contribution in [0.4, 0.5) is 11.4 Å². The van der Waals surface area contributed by atoms with E-state index in [9.17, 15) is 13.2 Å². The van der Waals surface area contributed by atoms with Crippen LogP contribution in [-0.4, -0.2) is 52.4 Å². The third-order valence-corrected chi connectivity index (χ3v) is 7.51. The number of hydrogen-bond donors (Lipinski definition) is 1. The molecule has 1 heterocycles. The van der Waals surface area contributed by atoms with E-state index in [2.05, 4.69) is 5.32 Å². The van der Waals surface area contributed by atoms with Gasteiger partial charge in [-0.15, -0.1) is 0 Å². The Morgan fingerprint density at radius 3 is 2.36 bits per heavy atom. The molecule has 0 saturated carbocycles. The number of aryl methyl sites for hydroxylation is 1. The van der Waals surface area contributed by atoms with Gasteiger partial charge < -0.3 is 19.4 Å². The van der Waals surface area contributed by atoms with E-state index in [1.165, 1.54) is 10.4 Å². The lowest BCUT2D eigenvalue weighted by atomic mass is 10.1. The molecule has 1 N–H and O–H groups in total. The van der Waals surface area contributed by atoms with Gasteiger partial charge >= 0.3 is 0 Å². The largest absolute Gasteiger partial charge is 0.494 e. The average Bonchev–Trinajstić information content (AvgIpc) is 3.10. The molecule has 0 atom stereocenters. The molecule has 0 bridgehead atoms. The summed E-state index contributed by atoms with van der Waals surface area (Å²) in [6, 6.07) is 10.1. The number of sulfonamides is 1. The predicted molar refractivity (Wildman–Crippen MR) is 131 cm³/mol. The van der Waals surface area contributed by atoms with Crippen molar-refractivity contribution in [3.63, 3.8) is 0 Å². The van der Waals surface area contributed by atoms with Crippen molar-refractivity contribution in [1.82, 2.24) is 4.31 Å². The van der Waals surface area contributed by atoms with Crippen LogP contribution in [-0.2, 0) is 10.0 Å². The molecule has 178 valence electrons. The molecule has 1 amide bonds. The number of carbonyl (C=O) groups is 1. The lowest BCUT2D eigenvalue weighted by Gasteiger charge is -2.22. The zero-order valence-corrected chi connectivity index (χ0v) is 20.7. The Hall–Kier alpha value is -3.04. The first-order valence-corrected chi connectivity index (χ1v) is 12.4. The lowest BCUT2D eigenvalue weighted by molar-refractivity contribution is 0.0998. The van der Waals surface area contributed by atoms with Crippen LogP contribution < -0.4 is 15.0 Å². The first kappa shape index (κ1) is 24.6. The molecule has 33 heavy (non-hydrogen) atoms. The summed E-state index contributed by atoms with van der Waals surface area (Å²) in [5, 5.41) is 3.64. The van der Waals surface area contributed by atoms with Gasteiger partial charge in [-0.3, -0.25) is 4.79 Å². The molecule has 0 fully saturated rings. The summed E-state index contributed by atoms with van der Waals surface area (Å²) in [7, 11) is -0.0300. The average molecular weight is 474 g/mol. The fourth-order valence-electron chi connectivity index (χ4n) is 3.73. The van der Waals surface area contributed by atoms with Crippen LogP contribution in [0.25, 0.3) is 11.0 Å². The van der Waals surface area contributed by atoms with Crippen molar-refractivity contribution in [1.29, 1.82) is 0 Å². The summed E-state index contributed by atoms with van der Waals surface area (Å²) in [4.78, 5) is 15.1. The van der Waals surface area contributed by atoms with Crippen LogP contribution in [0, 0.1) is 6.92 Å². The smallest absolute Gasteiger partial charge is 0.291 e. The van der Waals surface area contributed by atoms with Gasteiger partial charge in [-0.05, 0) is 50.2 Å². The van der Waals surface area contributed by atoms with E-state index in [-0.39, 0.29) is 10.7 Å². The van der Waals surface area contributed by atoms with Gasteiger partial charge in [0.15, 0.2) is 5.76 Å². The molecule has 0 saturated heterocycles. The van der Waals surface area contributed by atoms with E-state index in [0.717, 1.165) is 5.39 Å². The van der Waals surface area contributed by atoms with Crippen LogP contribution in [0.2, 0.25) is 0 Å². The van der Waals surface area contributed by atoms with E-state index in [0.29, 0.717) is 48.0 Å². The SMILES string of the molecule is CCOc1ccc2oc(C(=O)Nc3cc(S(=O)(=O)N(CC)CC)ccc3N(C)C)c(C)c2c1. The minimum absolute atomic E-state index is 0.120. The van der Waals surface area contributed by atoms with Gasteiger partial charge in [-0.1, -0.05) is 13.8 Å². The molecular weight excluding hydrogens is 442 g/mol. The van der Waals surface area contributed by atoms with Gasteiger partial charge in [0, 0.05) is 38.1 Å². The summed E-state index contributed by atoms with van der Waals surface area (Å²) in [6.45, 7) is 8.55. The van der Waals surface area contributed by atoms with Crippen molar-refractivity contribution >= 4 is 38.3 Å². The number of ether oxygens (including phenoxy) is 1. The predicted octanol–water partition coefficient (Wildman–Crippen LogP) is 4.49. The Morgan fingerprint density at radius 1 is 1.06 bits per heavy atom. The first-order valence-electron chi connectivity index (χ1n) is 10.9. The normalized spacial score (nSPS) is 11.7. The van der Waals surface area contributed by atoms with Gasteiger partial charge in [-0.25, -0.2) is 8.42 Å². The maximum Gasteiger partial charge on any atom is 0.291 e. The molecule has 3 aromatic rings. The Morgan fingerprint density at radius 2 is 1.76 bits per heavy atom. The van der Waals surface area contributed by atoms with Crippen molar-refractivity contribution in [3.8, 4) is 5.75 Å². The van der Waals surface area contributed by atoms with Gasteiger partial charge in [0.2, 0.25) is 10.0 Å². The highest BCUT2D eigenvalue weighted by Gasteiger charge is 2.25. The minimum atomic E-state index is -3.68. The third kappa shape index (κ3) is 4.84. The second-order valence-electron chi connectivity index (χ2n) is 7.76. The number of nitrogens with one attached hydrogen (secondary N) is 1. The standard InChI is InChI=1S/C24H31N3O5S/c1-7-27(8-2)33(29,30)18-11-12-21(26(5)6)20(15-18)25-24(28)23-16(4)19-14-17(31-9-3)10-13-22(19)32-23/h10-15H,7-9H2,1-6H3,(H,25,28). The number of fused-ring (bicyclic) bond motifs is 1. The summed E-state index contributed by atoms with van der Waals surface area (Å²) in [5.41, 5.74) is 2.32. The molecule has 2 aromatic carbocycles. The van der Waals surface area contributed by atoms with E-state index >= 15 is 0 Å². The van der Waals surface area contributed by atoms with Gasteiger partial charge in [0.25, 0.3) is 5.91 Å². The Balaban J connectivity index is 2.01. The van der Waals surface area contributed by atoms with Gasteiger partial charge in [0.05, 0.1) is 22.9 Å². The summed E-state index contributed by atoms with van der Waals surface area (Å²) < 4.78 is 38.8. The third-order valence-electron chi connectivity index (χ3n) is 5.47. The highest BCUT2D eigenvalue weighted by Crippen LogP contribution is 2.32. The molecule has 0 unspecified atom stereocenters. The quantitative estimate of drug-likeness (QED) is 0.492. The van der Waals surface area contributed by atoms with Crippen molar-refractivity contribution in [2.24, 2.45) is 0 Å². The van der Waals surface area contributed by atoms with E-state index in [1.54, 1.807) is 38.1 Å². The van der Waals surface area contributed by atoms with Crippen LogP contribution in [0.1, 0.15) is 36.9 Å². The number of nitrogens with zero attached hydrogens (tertiary/aromatic N) is 2. The highest BCUT2D eigenvalue weighted by atomic mass is 32.2. The zero-order chi connectivity index (χ0) is 24.3. The maximum absolute atomic E-state index is 13.2. The van der Waals surface area contributed by atoms with Crippen LogP contribution in [0.5, 0.6) is 5.75 Å². The number of furan rings is 1. The number of hydrogen-bond acceptors (Lipinski definition) is 6. The topological polar surface area (TPSA) is 92.1 Å². The van der Waals surface area contributed by atoms with Crippen molar-refractivity contribution in [3.05, 3.63) is 47.7 Å². The molecule has 9 heteroatoms. The summed E-state index contributed by atoms with van der Waals surface area (Å²) in [6.07, 6.45) is 0. The van der Waals surface area contributed by atoms with E-state index < -0.39 is 15.9 Å². The second kappa shape index (κ2) is 9.84. The van der Waals surface area contributed by atoms with Crippen LogP contribution in [0.15, 0.2) is 45.7 Å². The van der Waals surface area contributed by atoms with Gasteiger partial charge in [0.1, 0.15) is 11.3 Å². The number of rotatable bonds is 9. The summed E-state index contributed by atoms with van der Waals surface area (Å²) >= 11 is 0. The molecule has 1 aromatic heterocycles. The Kier molecular flexibility index (Phi) is 7.34. The highest BCUT2D eigenvalue weighted by molar-refractivity contribution is 7.89. The Bertz CT molecular complexity index is 1260. The molecule has 8 nitrogen and oxygen atoms in total. The van der Waals surface area contributed by atoms with Crippen molar-refractivity contribution in [2.75, 3.05) is 44.0 Å². The molecule has 3 rings (SSSR count). The van der Waals surface area contributed by atoms with Gasteiger partial charge in [-0.2, -0.15) is 4.31 Å². The monoisotopic (exact) mass is 473 g/mol. The van der Waals surface area contributed by atoms with Crippen molar-refractivity contribution < 1.29 is 22.4 Å². The van der Waals surface area contributed by atoms with Crippen LogP contribution in [0.3, 0.4) is 0 Å². The first-order chi connectivity index (χ1) is 15.6. The molecule has 0 aliphatic rings. The number of benzene rings is 2. The number of anilines is 2. The van der Waals surface area contributed by atoms with Crippen molar-refractivity contribution in [2.45, 2.75) is 32.6 Å².